The van der Waals surface area contributed by atoms with E-state index in [0.29, 0.717) is 18.6 Å². The fourth-order valence-electron chi connectivity index (χ4n) is 2.43. The van der Waals surface area contributed by atoms with Crippen LogP contribution in [0.4, 0.5) is 4.39 Å². The Kier molecular flexibility index (Phi) is 5.55. The van der Waals surface area contributed by atoms with Gasteiger partial charge in [-0.1, -0.05) is 19.1 Å². The molecule has 3 heteroatoms. The molecule has 0 aromatic heterocycles. The molecule has 0 amide bonds. The average molecular weight is 278 g/mol. The number of benzene rings is 1. The number of rotatable bonds is 8. The molecule has 0 spiro atoms. The first kappa shape index (κ1) is 15.5. The van der Waals surface area contributed by atoms with Gasteiger partial charge in [0.15, 0.2) is 0 Å². The van der Waals surface area contributed by atoms with Crippen molar-refractivity contribution in [3.63, 3.8) is 0 Å². The van der Waals surface area contributed by atoms with E-state index in [4.69, 9.17) is 0 Å². The van der Waals surface area contributed by atoms with Crippen LogP contribution in [0.25, 0.3) is 0 Å². The number of hydrogen-bond acceptors (Lipinski definition) is 2. The first-order valence-electron chi connectivity index (χ1n) is 7.85. The molecule has 0 bridgehead atoms. The summed E-state index contributed by atoms with van der Waals surface area (Å²) in [5.74, 6) is -0.0816. The SMILES string of the molecule is CCCN(Cc1cc(CNC2CC2)ccc1F)C(C)C. The molecule has 1 aromatic carbocycles. The van der Waals surface area contributed by atoms with Crippen molar-refractivity contribution < 1.29 is 4.39 Å². The Hall–Kier alpha value is -0.930. The summed E-state index contributed by atoms with van der Waals surface area (Å²) < 4.78 is 14.0. The molecular formula is C17H27FN2. The molecule has 2 rings (SSSR count). The van der Waals surface area contributed by atoms with Crippen LogP contribution in [0.5, 0.6) is 0 Å². The molecule has 0 aliphatic heterocycles. The van der Waals surface area contributed by atoms with Crippen molar-refractivity contribution >= 4 is 0 Å². The lowest BCUT2D eigenvalue weighted by Gasteiger charge is -2.26. The summed E-state index contributed by atoms with van der Waals surface area (Å²) in [6, 6.07) is 6.67. The molecule has 0 heterocycles. The number of nitrogens with one attached hydrogen (secondary N) is 1. The maximum atomic E-state index is 14.0. The predicted molar refractivity (Wildman–Crippen MR) is 82.1 cm³/mol. The maximum Gasteiger partial charge on any atom is 0.127 e. The van der Waals surface area contributed by atoms with Gasteiger partial charge in [0.1, 0.15) is 5.82 Å². The molecule has 0 atom stereocenters. The maximum absolute atomic E-state index is 14.0. The van der Waals surface area contributed by atoms with Crippen LogP contribution in [-0.2, 0) is 13.1 Å². The van der Waals surface area contributed by atoms with E-state index in [1.54, 1.807) is 6.07 Å². The Morgan fingerprint density at radius 1 is 1.35 bits per heavy atom. The second-order valence-electron chi connectivity index (χ2n) is 6.15. The van der Waals surface area contributed by atoms with Crippen LogP contribution >= 0.6 is 0 Å². The molecule has 20 heavy (non-hydrogen) atoms. The minimum absolute atomic E-state index is 0.0816. The van der Waals surface area contributed by atoms with E-state index < -0.39 is 0 Å². The van der Waals surface area contributed by atoms with Crippen LogP contribution in [0.15, 0.2) is 18.2 Å². The second kappa shape index (κ2) is 7.19. The zero-order valence-corrected chi connectivity index (χ0v) is 13.0. The third-order valence-electron chi connectivity index (χ3n) is 3.90. The Bertz CT molecular complexity index is 427. The standard InChI is InChI=1S/C17H27FN2/c1-4-9-20(13(2)3)12-15-10-14(5-8-17(15)18)11-19-16-6-7-16/h5,8,10,13,16,19H,4,6-7,9,11-12H2,1-3H3. The Morgan fingerprint density at radius 3 is 2.70 bits per heavy atom. The molecule has 0 saturated heterocycles. The summed E-state index contributed by atoms with van der Waals surface area (Å²) in [6.07, 6.45) is 3.67. The van der Waals surface area contributed by atoms with Gasteiger partial charge < -0.3 is 5.32 Å². The highest BCUT2D eigenvalue weighted by Crippen LogP contribution is 2.20. The van der Waals surface area contributed by atoms with E-state index in [1.165, 1.54) is 18.4 Å². The third-order valence-corrected chi connectivity index (χ3v) is 3.90. The van der Waals surface area contributed by atoms with Gasteiger partial charge in [0.25, 0.3) is 0 Å². The predicted octanol–water partition coefficient (Wildman–Crippen LogP) is 3.70. The lowest BCUT2D eigenvalue weighted by molar-refractivity contribution is 0.210. The average Bonchev–Trinajstić information content (AvgIpc) is 3.23. The number of halogens is 1. The highest BCUT2D eigenvalue weighted by molar-refractivity contribution is 5.25. The molecule has 1 aliphatic rings. The van der Waals surface area contributed by atoms with Crippen LogP contribution in [0.3, 0.4) is 0 Å². The smallest absolute Gasteiger partial charge is 0.127 e. The van der Waals surface area contributed by atoms with Crippen LogP contribution in [0.2, 0.25) is 0 Å². The summed E-state index contributed by atoms with van der Waals surface area (Å²) in [7, 11) is 0. The fourth-order valence-corrected chi connectivity index (χ4v) is 2.43. The Labute approximate surface area is 122 Å². The monoisotopic (exact) mass is 278 g/mol. The molecule has 1 saturated carbocycles. The van der Waals surface area contributed by atoms with E-state index in [-0.39, 0.29) is 5.82 Å². The van der Waals surface area contributed by atoms with Gasteiger partial charge in [-0.25, -0.2) is 4.39 Å². The molecule has 112 valence electrons. The zero-order valence-electron chi connectivity index (χ0n) is 13.0. The lowest BCUT2D eigenvalue weighted by Crippen LogP contribution is -2.31. The minimum Gasteiger partial charge on any atom is -0.310 e. The first-order chi connectivity index (χ1) is 9.60. The van der Waals surface area contributed by atoms with Gasteiger partial charge in [0.2, 0.25) is 0 Å². The van der Waals surface area contributed by atoms with Gasteiger partial charge in [-0.15, -0.1) is 0 Å². The van der Waals surface area contributed by atoms with E-state index in [0.717, 1.165) is 25.1 Å². The van der Waals surface area contributed by atoms with E-state index >= 15 is 0 Å². The zero-order chi connectivity index (χ0) is 14.5. The third kappa shape index (κ3) is 4.57. The molecule has 0 radical (unpaired) electrons. The molecule has 2 nitrogen and oxygen atoms in total. The van der Waals surface area contributed by atoms with E-state index in [9.17, 15) is 4.39 Å². The van der Waals surface area contributed by atoms with Crippen molar-refractivity contribution in [3.8, 4) is 0 Å². The van der Waals surface area contributed by atoms with Crippen LogP contribution in [-0.4, -0.2) is 23.5 Å². The molecule has 1 fully saturated rings. The summed E-state index contributed by atoms with van der Waals surface area (Å²) in [5.41, 5.74) is 2.01. The molecule has 0 unspecified atom stereocenters. The summed E-state index contributed by atoms with van der Waals surface area (Å²) in [6.45, 7) is 9.09. The molecule has 1 N–H and O–H groups in total. The molecule has 1 aromatic rings. The normalized spacial score (nSPS) is 15.3. The van der Waals surface area contributed by atoms with Crippen molar-refractivity contribution in [1.29, 1.82) is 0 Å². The van der Waals surface area contributed by atoms with E-state index in [2.05, 4.69) is 31.0 Å². The highest BCUT2D eigenvalue weighted by Gasteiger charge is 2.20. The Balaban J connectivity index is 2.01. The van der Waals surface area contributed by atoms with Crippen LogP contribution < -0.4 is 5.32 Å². The van der Waals surface area contributed by atoms with Crippen molar-refractivity contribution in [3.05, 3.63) is 35.1 Å². The largest absolute Gasteiger partial charge is 0.310 e. The number of hydrogen-bond donors (Lipinski definition) is 1. The van der Waals surface area contributed by atoms with E-state index in [1.807, 2.05) is 12.1 Å². The molecular weight excluding hydrogens is 251 g/mol. The van der Waals surface area contributed by atoms with Crippen molar-refractivity contribution in [2.45, 2.75) is 65.2 Å². The van der Waals surface area contributed by atoms with Gasteiger partial charge in [-0.05, 0) is 51.3 Å². The second-order valence-corrected chi connectivity index (χ2v) is 6.15. The summed E-state index contributed by atoms with van der Waals surface area (Å²) in [5, 5.41) is 3.48. The molecule has 1 aliphatic carbocycles. The number of nitrogens with zero attached hydrogens (tertiary/aromatic N) is 1. The first-order valence-corrected chi connectivity index (χ1v) is 7.85. The van der Waals surface area contributed by atoms with Crippen LogP contribution in [0, 0.1) is 5.82 Å². The quantitative estimate of drug-likeness (QED) is 0.780. The van der Waals surface area contributed by atoms with Gasteiger partial charge >= 0.3 is 0 Å². The minimum atomic E-state index is -0.0816. The van der Waals surface area contributed by atoms with Crippen molar-refractivity contribution in [2.24, 2.45) is 0 Å². The van der Waals surface area contributed by atoms with Gasteiger partial charge in [0, 0.05) is 30.7 Å². The van der Waals surface area contributed by atoms with Crippen LogP contribution in [0.1, 0.15) is 51.2 Å². The van der Waals surface area contributed by atoms with Gasteiger partial charge in [-0.3, -0.25) is 4.90 Å². The summed E-state index contributed by atoms with van der Waals surface area (Å²) in [4.78, 5) is 2.33. The van der Waals surface area contributed by atoms with Gasteiger partial charge in [0.05, 0.1) is 0 Å². The van der Waals surface area contributed by atoms with Crippen molar-refractivity contribution in [1.82, 2.24) is 10.2 Å². The highest BCUT2D eigenvalue weighted by atomic mass is 19.1. The lowest BCUT2D eigenvalue weighted by atomic mass is 10.1. The van der Waals surface area contributed by atoms with Crippen molar-refractivity contribution in [2.75, 3.05) is 6.54 Å². The fraction of sp³-hybridized carbons (Fsp3) is 0.647. The van der Waals surface area contributed by atoms with Gasteiger partial charge in [-0.2, -0.15) is 0 Å². The summed E-state index contributed by atoms with van der Waals surface area (Å²) >= 11 is 0. The topological polar surface area (TPSA) is 15.3 Å². The Morgan fingerprint density at radius 2 is 2.10 bits per heavy atom.